The van der Waals surface area contributed by atoms with Gasteiger partial charge >= 0.3 is 0 Å². The molecule has 66 valence electrons. The molecule has 0 aliphatic rings. The molecule has 0 fully saturated rings. The summed E-state index contributed by atoms with van der Waals surface area (Å²) in [6.07, 6.45) is 0. The predicted molar refractivity (Wildman–Crippen MR) is 57.1 cm³/mol. The van der Waals surface area contributed by atoms with Crippen LogP contribution in [0.5, 0.6) is 0 Å². The summed E-state index contributed by atoms with van der Waals surface area (Å²) in [5, 5.41) is 5.51. The number of ketones is 1. The fraction of sp³-hybridized carbons (Fsp3) is 0. The SMILES string of the molecule is O=C(c1ccsc1)c1csc(Cl)c1. The van der Waals surface area contributed by atoms with Crippen LogP contribution in [-0.4, -0.2) is 5.78 Å². The molecule has 0 unspecified atom stereocenters. The van der Waals surface area contributed by atoms with Crippen molar-refractivity contribution in [1.82, 2.24) is 0 Å². The van der Waals surface area contributed by atoms with Crippen LogP contribution >= 0.6 is 34.3 Å². The second-order valence-electron chi connectivity index (χ2n) is 2.48. The summed E-state index contributed by atoms with van der Waals surface area (Å²) in [7, 11) is 0. The number of rotatable bonds is 2. The van der Waals surface area contributed by atoms with Gasteiger partial charge in [0, 0.05) is 21.9 Å². The Morgan fingerprint density at radius 1 is 1.31 bits per heavy atom. The van der Waals surface area contributed by atoms with Crippen molar-refractivity contribution in [3.8, 4) is 0 Å². The summed E-state index contributed by atoms with van der Waals surface area (Å²) >= 11 is 8.63. The van der Waals surface area contributed by atoms with Gasteiger partial charge in [-0.05, 0) is 17.5 Å². The molecule has 2 aromatic rings. The summed E-state index contributed by atoms with van der Waals surface area (Å²) in [5.41, 5.74) is 1.41. The molecule has 0 aliphatic carbocycles. The molecule has 0 spiro atoms. The highest BCUT2D eigenvalue weighted by Gasteiger charge is 2.10. The van der Waals surface area contributed by atoms with Gasteiger partial charge in [-0.1, -0.05) is 11.6 Å². The van der Waals surface area contributed by atoms with Crippen LogP contribution in [0.25, 0.3) is 0 Å². The van der Waals surface area contributed by atoms with E-state index in [4.69, 9.17) is 11.6 Å². The maximum Gasteiger partial charge on any atom is 0.194 e. The molecule has 0 bridgehead atoms. The van der Waals surface area contributed by atoms with Gasteiger partial charge in [0.1, 0.15) is 0 Å². The number of hydrogen-bond acceptors (Lipinski definition) is 3. The first kappa shape index (κ1) is 8.94. The highest BCUT2D eigenvalue weighted by molar-refractivity contribution is 7.14. The maximum atomic E-state index is 11.7. The standard InChI is InChI=1S/C9H5ClOS2/c10-8-3-7(5-13-8)9(11)6-1-2-12-4-6/h1-5H. The zero-order valence-corrected chi connectivity index (χ0v) is 8.88. The minimum absolute atomic E-state index is 0.0457. The Bertz CT molecular complexity index is 417. The summed E-state index contributed by atoms with van der Waals surface area (Å²) in [4.78, 5) is 11.7. The van der Waals surface area contributed by atoms with Gasteiger partial charge in [-0.2, -0.15) is 11.3 Å². The minimum atomic E-state index is 0.0457. The van der Waals surface area contributed by atoms with Crippen LogP contribution in [0.2, 0.25) is 4.34 Å². The molecule has 0 saturated heterocycles. The van der Waals surface area contributed by atoms with Crippen LogP contribution in [-0.2, 0) is 0 Å². The molecule has 0 N–H and O–H groups in total. The number of carbonyl (C=O) groups is 1. The molecule has 2 rings (SSSR count). The Balaban J connectivity index is 2.33. The second kappa shape index (κ2) is 3.62. The fourth-order valence-corrected chi connectivity index (χ4v) is 2.49. The first-order valence-corrected chi connectivity index (χ1v) is 5.78. The highest BCUT2D eigenvalue weighted by atomic mass is 35.5. The third kappa shape index (κ3) is 1.82. The summed E-state index contributed by atoms with van der Waals surface area (Å²) in [5.74, 6) is 0.0457. The lowest BCUT2D eigenvalue weighted by atomic mass is 10.1. The van der Waals surface area contributed by atoms with Crippen molar-refractivity contribution < 1.29 is 4.79 Å². The first-order valence-electron chi connectivity index (χ1n) is 3.58. The van der Waals surface area contributed by atoms with Gasteiger partial charge in [-0.15, -0.1) is 11.3 Å². The summed E-state index contributed by atoms with van der Waals surface area (Å²) < 4.78 is 0.651. The van der Waals surface area contributed by atoms with Gasteiger partial charge < -0.3 is 0 Å². The molecule has 4 heteroatoms. The average Bonchev–Trinajstić information content (AvgIpc) is 2.72. The van der Waals surface area contributed by atoms with Crippen LogP contribution in [0.15, 0.2) is 28.3 Å². The van der Waals surface area contributed by atoms with E-state index >= 15 is 0 Å². The van der Waals surface area contributed by atoms with Crippen LogP contribution in [0.4, 0.5) is 0 Å². The molecule has 13 heavy (non-hydrogen) atoms. The van der Waals surface area contributed by atoms with Gasteiger partial charge in [-0.25, -0.2) is 0 Å². The molecule has 2 aromatic heterocycles. The zero-order chi connectivity index (χ0) is 9.26. The molecule has 0 aliphatic heterocycles. The normalized spacial score (nSPS) is 10.2. The Morgan fingerprint density at radius 2 is 2.15 bits per heavy atom. The molecule has 0 aromatic carbocycles. The first-order chi connectivity index (χ1) is 6.27. The van der Waals surface area contributed by atoms with Crippen molar-refractivity contribution in [2.24, 2.45) is 0 Å². The van der Waals surface area contributed by atoms with E-state index in [1.54, 1.807) is 11.4 Å². The summed E-state index contributed by atoms with van der Waals surface area (Å²) in [6.45, 7) is 0. The molecule has 0 saturated carbocycles. The average molecular weight is 229 g/mol. The van der Waals surface area contributed by atoms with Gasteiger partial charge in [0.05, 0.1) is 4.34 Å². The Labute approximate surface area is 88.6 Å². The molecule has 2 heterocycles. The predicted octanol–water partition coefficient (Wildman–Crippen LogP) is 3.69. The number of thiophene rings is 2. The van der Waals surface area contributed by atoms with Crippen LogP contribution in [0, 0.1) is 0 Å². The largest absolute Gasteiger partial charge is 0.289 e. The monoisotopic (exact) mass is 228 g/mol. The fourth-order valence-electron chi connectivity index (χ4n) is 0.989. The smallest absolute Gasteiger partial charge is 0.194 e. The molecular weight excluding hydrogens is 224 g/mol. The van der Waals surface area contributed by atoms with E-state index in [2.05, 4.69) is 0 Å². The zero-order valence-electron chi connectivity index (χ0n) is 6.49. The van der Waals surface area contributed by atoms with Crippen molar-refractivity contribution in [2.45, 2.75) is 0 Å². The number of carbonyl (C=O) groups excluding carboxylic acids is 1. The molecule has 0 radical (unpaired) electrons. The maximum absolute atomic E-state index is 11.7. The molecule has 0 atom stereocenters. The van der Waals surface area contributed by atoms with Crippen LogP contribution in [0.3, 0.4) is 0 Å². The third-order valence-corrected chi connectivity index (χ3v) is 3.39. The van der Waals surface area contributed by atoms with Crippen LogP contribution in [0.1, 0.15) is 15.9 Å². The molecule has 1 nitrogen and oxygen atoms in total. The van der Waals surface area contributed by atoms with E-state index in [0.29, 0.717) is 9.90 Å². The van der Waals surface area contributed by atoms with E-state index in [1.807, 2.05) is 16.8 Å². The lowest BCUT2D eigenvalue weighted by Crippen LogP contribution is -1.96. The van der Waals surface area contributed by atoms with Crippen molar-refractivity contribution in [3.05, 3.63) is 43.7 Å². The number of hydrogen-bond donors (Lipinski definition) is 0. The van der Waals surface area contributed by atoms with E-state index < -0.39 is 0 Å². The Hall–Kier alpha value is -0.640. The topological polar surface area (TPSA) is 17.1 Å². The molecular formula is C9H5ClOS2. The van der Waals surface area contributed by atoms with E-state index in [-0.39, 0.29) is 5.78 Å². The minimum Gasteiger partial charge on any atom is -0.289 e. The lowest BCUT2D eigenvalue weighted by Gasteiger charge is -1.90. The van der Waals surface area contributed by atoms with Crippen molar-refractivity contribution in [3.63, 3.8) is 0 Å². The van der Waals surface area contributed by atoms with Gasteiger partial charge in [0.2, 0.25) is 0 Å². The van der Waals surface area contributed by atoms with Crippen LogP contribution < -0.4 is 0 Å². The second-order valence-corrected chi connectivity index (χ2v) is 4.80. The van der Waals surface area contributed by atoms with Crippen molar-refractivity contribution >= 4 is 40.1 Å². The van der Waals surface area contributed by atoms with Gasteiger partial charge in [0.25, 0.3) is 0 Å². The van der Waals surface area contributed by atoms with Crippen molar-refractivity contribution in [1.29, 1.82) is 0 Å². The Morgan fingerprint density at radius 3 is 2.69 bits per heavy atom. The van der Waals surface area contributed by atoms with Gasteiger partial charge in [0.15, 0.2) is 5.78 Å². The number of halogens is 1. The van der Waals surface area contributed by atoms with E-state index in [9.17, 15) is 4.79 Å². The quantitative estimate of drug-likeness (QED) is 0.717. The third-order valence-electron chi connectivity index (χ3n) is 1.61. The summed E-state index contributed by atoms with van der Waals surface area (Å²) in [6, 6.07) is 3.52. The highest BCUT2D eigenvalue weighted by Crippen LogP contribution is 2.22. The van der Waals surface area contributed by atoms with Crippen molar-refractivity contribution in [2.75, 3.05) is 0 Å². The lowest BCUT2D eigenvalue weighted by molar-refractivity contribution is 0.103. The van der Waals surface area contributed by atoms with E-state index in [1.165, 1.54) is 22.7 Å². The van der Waals surface area contributed by atoms with E-state index in [0.717, 1.165) is 5.56 Å². The Kier molecular flexibility index (Phi) is 2.49. The molecule has 0 amide bonds. The van der Waals surface area contributed by atoms with Gasteiger partial charge in [-0.3, -0.25) is 4.79 Å².